The average Bonchev–Trinajstić information content (AvgIpc) is 2.60. The van der Waals surface area contributed by atoms with Crippen molar-refractivity contribution in [3.05, 3.63) is 82.9 Å². The monoisotopic (exact) mass is 320 g/mol. The summed E-state index contributed by atoms with van der Waals surface area (Å²) in [5.74, 6) is -0.130. The maximum Gasteiger partial charge on any atom is 0.187 e. The Morgan fingerprint density at radius 3 is 1.88 bits per heavy atom. The van der Waals surface area contributed by atoms with Gasteiger partial charge in [-0.2, -0.15) is 0 Å². The van der Waals surface area contributed by atoms with Crippen LogP contribution < -0.4 is 0 Å². The third-order valence-electron chi connectivity index (χ3n) is 4.16. The molecule has 1 unspecified atom stereocenters. The molecule has 2 rings (SSSR count). The first-order valence-corrected chi connectivity index (χ1v) is 8.21. The van der Waals surface area contributed by atoms with Gasteiger partial charge in [0, 0.05) is 5.57 Å². The molecule has 0 radical (unpaired) electrons. The van der Waals surface area contributed by atoms with Crippen LogP contribution in [0.5, 0.6) is 0 Å². The lowest BCUT2D eigenvalue weighted by atomic mass is 9.85. The van der Waals surface area contributed by atoms with E-state index in [0.29, 0.717) is 17.6 Å². The molecule has 0 spiro atoms. The first-order valence-electron chi connectivity index (χ1n) is 8.21. The molecule has 0 heterocycles. The van der Waals surface area contributed by atoms with Gasteiger partial charge in [0.05, 0.1) is 5.60 Å². The number of hydrogen-bond donors (Lipinski definition) is 1. The van der Waals surface area contributed by atoms with Gasteiger partial charge >= 0.3 is 0 Å². The van der Waals surface area contributed by atoms with Crippen molar-refractivity contribution in [3.63, 3.8) is 0 Å². The molecule has 124 valence electrons. The van der Waals surface area contributed by atoms with Gasteiger partial charge in [-0.3, -0.25) is 4.79 Å². The molecule has 0 amide bonds. The number of benzene rings is 2. The molecule has 0 bridgehead atoms. The molecule has 1 atom stereocenters. The van der Waals surface area contributed by atoms with Crippen LogP contribution in [0.4, 0.5) is 0 Å². The summed E-state index contributed by atoms with van der Waals surface area (Å²) in [6, 6.07) is 19.3. The van der Waals surface area contributed by atoms with E-state index in [9.17, 15) is 9.90 Å². The molecule has 0 aliphatic carbocycles. The first-order chi connectivity index (χ1) is 11.4. The second-order valence-corrected chi connectivity index (χ2v) is 6.16. The average molecular weight is 320 g/mol. The minimum absolute atomic E-state index is 0.130. The van der Waals surface area contributed by atoms with Gasteiger partial charge in [0.1, 0.15) is 0 Å². The normalized spacial score (nSPS) is 15.0. The first kappa shape index (κ1) is 17.9. The minimum Gasteiger partial charge on any atom is -0.385 e. The summed E-state index contributed by atoms with van der Waals surface area (Å²) in [6.45, 7) is 5.36. The fraction of sp³-hybridized carbons (Fsp3) is 0.227. The van der Waals surface area contributed by atoms with Crippen LogP contribution in [0.1, 0.15) is 38.3 Å². The zero-order valence-corrected chi connectivity index (χ0v) is 14.5. The van der Waals surface area contributed by atoms with Crippen LogP contribution in [0.3, 0.4) is 0 Å². The lowest BCUT2D eigenvalue weighted by Crippen LogP contribution is -2.31. The number of ketones is 1. The molecule has 0 saturated carbocycles. The summed E-state index contributed by atoms with van der Waals surface area (Å²) in [4.78, 5) is 13.0. The van der Waals surface area contributed by atoms with Crippen molar-refractivity contribution >= 4 is 17.9 Å². The zero-order valence-electron chi connectivity index (χ0n) is 14.5. The van der Waals surface area contributed by atoms with Crippen molar-refractivity contribution in [2.24, 2.45) is 0 Å². The molecular formula is C22H24O2. The van der Waals surface area contributed by atoms with Gasteiger partial charge in [-0.25, -0.2) is 0 Å². The van der Waals surface area contributed by atoms with Gasteiger partial charge < -0.3 is 5.11 Å². The number of carbonyl (C=O) groups excluding carboxylic acids is 1. The molecule has 0 aromatic heterocycles. The topological polar surface area (TPSA) is 37.3 Å². The summed E-state index contributed by atoms with van der Waals surface area (Å²) in [7, 11) is 0. The SMILES string of the molecule is CCC(C)(O)/C(=C\c1ccccc1)C(=O)/C(C)=C/c1ccccc1. The largest absolute Gasteiger partial charge is 0.385 e. The number of hydrogen-bond acceptors (Lipinski definition) is 2. The third kappa shape index (κ3) is 4.53. The summed E-state index contributed by atoms with van der Waals surface area (Å²) >= 11 is 0. The standard InChI is InChI=1S/C22H24O2/c1-4-22(3,24)20(16-19-13-9-6-10-14-19)21(23)17(2)15-18-11-7-5-8-12-18/h5-16,24H,4H2,1-3H3/b17-15+,20-16-. The van der Waals surface area contributed by atoms with Gasteiger partial charge in [0.25, 0.3) is 0 Å². The molecule has 0 saturated heterocycles. The molecular weight excluding hydrogens is 296 g/mol. The highest BCUT2D eigenvalue weighted by Crippen LogP contribution is 2.26. The molecule has 0 fully saturated rings. The molecule has 2 nitrogen and oxygen atoms in total. The Hall–Kier alpha value is -2.45. The van der Waals surface area contributed by atoms with E-state index >= 15 is 0 Å². The minimum atomic E-state index is -1.17. The fourth-order valence-electron chi connectivity index (χ4n) is 2.45. The van der Waals surface area contributed by atoms with Crippen LogP contribution in [-0.2, 0) is 4.79 Å². The molecule has 2 aromatic rings. The Kier molecular flexibility index (Phi) is 5.88. The second-order valence-electron chi connectivity index (χ2n) is 6.16. The van der Waals surface area contributed by atoms with Crippen molar-refractivity contribution < 1.29 is 9.90 Å². The number of aliphatic hydroxyl groups is 1. The Labute approximate surface area is 144 Å². The van der Waals surface area contributed by atoms with Gasteiger partial charge in [0.15, 0.2) is 5.78 Å². The van der Waals surface area contributed by atoms with E-state index in [1.165, 1.54) is 0 Å². The Balaban J connectivity index is 2.42. The molecule has 0 aliphatic rings. The van der Waals surface area contributed by atoms with Gasteiger partial charge in [-0.1, -0.05) is 67.6 Å². The number of allylic oxidation sites excluding steroid dienone is 1. The van der Waals surface area contributed by atoms with Crippen molar-refractivity contribution in [1.82, 2.24) is 0 Å². The van der Waals surface area contributed by atoms with E-state index in [4.69, 9.17) is 0 Å². The van der Waals surface area contributed by atoms with Gasteiger partial charge in [-0.15, -0.1) is 0 Å². The van der Waals surface area contributed by atoms with E-state index in [2.05, 4.69) is 0 Å². The lowest BCUT2D eigenvalue weighted by Gasteiger charge is -2.24. The van der Waals surface area contributed by atoms with Crippen molar-refractivity contribution in [1.29, 1.82) is 0 Å². The van der Waals surface area contributed by atoms with Crippen LogP contribution in [-0.4, -0.2) is 16.5 Å². The maximum absolute atomic E-state index is 13.0. The Morgan fingerprint density at radius 2 is 1.42 bits per heavy atom. The zero-order chi connectivity index (χ0) is 17.6. The van der Waals surface area contributed by atoms with Crippen LogP contribution in [0, 0.1) is 0 Å². The molecule has 0 aliphatic heterocycles. The quantitative estimate of drug-likeness (QED) is 0.768. The highest BCUT2D eigenvalue weighted by molar-refractivity contribution is 6.14. The Morgan fingerprint density at radius 1 is 0.958 bits per heavy atom. The van der Waals surface area contributed by atoms with Crippen LogP contribution in [0.2, 0.25) is 0 Å². The lowest BCUT2D eigenvalue weighted by molar-refractivity contribution is -0.114. The van der Waals surface area contributed by atoms with Gasteiger partial charge in [0.2, 0.25) is 0 Å². The van der Waals surface area contributed by atoms with E-state index in [-0.39, 0.29) is 5.78 Å². The van der Waals surface area contributed by atoms with Crippen molar-refractivity contribution in [3.8, 4) is 0 Å². The van der Waals surface area contributed by atoms with Crippen LogP contribution in [0.15, 0.2) is 71.8 Å². The highest BCUT2D eigenvalue weighted by atomic mass is 16.3. The molecule has 24 heavy (non-hydrogen) atoms. The summed E-state index contributed by atoms with van der Waals surface area (Å²) in [5.41, 5.74) is 1.73. The van der Waals surface area contributed by atoms with Crippen LogP contribution >= 0.6 is 0 Å². The summed E-state index contributed by atoms with van der Waals surface area (Å²) in [6.07, 6.45) is 4.11. The smallest absolute Gasteiger partial charge is 0.187 e. The van der Waals surface area contributed by atoms with Crippen LogP contribution in [0.25, 0.3) is 12.2 Å². The van der Waals surface area contributed by atoms with E-state index in [0.717, 1.165) is 11.1 Å². The van der Waals surface area contributed by atoms with E-state index in [1.807, 2.05) is 73.7 Å². The summed E-state index contributed by atoms with van der Waals surface area (Å²) < 4.78 is 0. The second kappa shape index (κ2) is 7.89. The van der Waals surface area contributed by atoms with E-state index < -0.39 is 5.60 Å². The number of rotatable bonds is 6. The Bertz CT molecular complexity index is 738. The predicted octanol–water partition coefficient (Wildman–Crippen LogP) is 4.90. The fourth-order valence-corrected chi connectivity index (χ4v) is 2.45. The maximum atomic E-state index is 13.0. The van der Waals surface area contributed by atoms with Gasteiger partial charge in [-0.05, 0) is 49.1 Å². The van der Waals surface area contributed by atoms with Crippen molar-refractivity contribution in [2.45, 2.75) is 32.8 Å². The number of Topliss-reactive ketones (excluding diaryl/α,β-unsaturated/α-hetero) is 1. The van der Waals surface area contributed by atoms with E-state index in [1.54, 1.807) is 19.9 Å². The van der Waals surface area contributed by atoms with Crippen molar-refractivity contribution in [2.75, 3.05) is 0 Å². The number of carbonyl (C=O) groups is 1. The summed E-state index contributed by atoms with van der Waals surface area (Å²) in [5, 5.41) is 10.7. The highest BCUT2D eigenvalue weighted by Gasteiger charge is 2.29. The molecule has 1 N–H and O–H groups in total. The molecule has 2 heteroatoms. The molecule has 2 aromatic carbocycles. The predicted molar refractivity (Wildman–Crippen MR) is 100 cm³/mol. The third-order valence-corrected chi connectivity index (χ3v) is 4.16.